The highest BCUT2D eigenvalue weighted by atomic mass is 35.5. The highest BCUT2D eigenvalue weighted by molar-refractivity contribution is 6.30. The molecule has 0 atom stereocenters. The van der Waals surface area contributed by atoms with Gasteiger partial charge in [0.15, 0.2) is 0 Å². The Hall–Kier alpha value is -1.63. The van der Waals surface area contributed by atoms with Gasteiger partial charge in [0, 0.05) is 24.7 Å². The summed E-state index contributed by atoms with van der Waals surface area (Å²) in [6.45, 7) is 3.22. The molecule has 2 rings (SSSR count). The monoisotopic (exact) mass is 339 g/mol. The molecule has 1 saturated heterocycles. The number of ether oxygens (including phenoxy) is 1. The van der Waals surface area contributed by atoms with E-state index in [-0.39, 0.29) is 24.9 Å². The molecule has 1 aromatic carbocycles. The Morgan fingerprint density at radius 2 is 2.04 bits per heavy atom. The molecule has 2 amide bonds. The lowest BCUT2D eigenvalue weighted by Crippen LogP contribution is -2.46. The van der Waals surface area contributed by atoms with Crippen molar-refractivity contribution >= 4 is 23.4 Å². The Morgan fingerprint density at radius 3 is 2.74 bits per heavy atom. The van der Waals surface area contributed by atoms with Crippen LogP contribution in [0.1, 0.15) is 5.56 Å². The van der Waals surface area contributed by atoms with Gasteiger partial charge >= 0.3 is 0 Å². The summed E-state index contributed by atoms with van der Waals surface area (Å²) in [6.07, 6.45) is 0. The second kappa shape index (κ2) is 8.86. The first-order chi connectivity index (χ1) is 11.0. The second-order valence-corrected chi connectivity index (χ2v) is 6.01. The van der Waals surface area contributed by atoms with Gasteiger partial charge in [-0.1, -0.05) is 23.7 Å². The predicted octanol–water partition coefficient (Wildman–Crippen LogP) is 0.747. The minimum atomic E-state index is -0.123. The van der Waals surface area contributed by atoms with Gasteiger partial charge in [-0.3, -0.25) is 14.5 Å². The quantitative estimate of drug-likeness (QED) is 0.830. The molecule has 7 heteroatoms. The highest BCUT2D eigenvalue weighted by Gasteiger charge is 2.19. The zero-order valence-electron chi connectivity index (χ0n) is 13.3. The predicted molar refractivity (Wildman–Crippen MR) is 88.2 cm³/mol. The van der Waals surface area contributed by atoms with Gasteiger partial charge in [0.2, 0.25) is 11.8 Å². The molecule has 0 radical (unpaired) electrons. The highest BCUT2D eigenvalue weighted by Crippen LogP contribution is 2.10. The molecule has 1 aromatic rings. The van der Waals surface area contributed by atoms with Gasteiger partial charge in [-0.25, -0.2) is 0 Å². The van der Waals surface area contributed by atoms with Crippen LogP contribution in [0.2, 0.25) is 5.02 Å². The van der Waals surface area contributed by atoms with E-state index in [2.05, 4.69) is 5.32 Å². The molecular formula is C16H22ClN3O3. The number of benzene rings is 1. The van der Waals surface area contributed by atoms with Crippen LogP contribution in [0.25, 0.3) is 0 Å². The van der Waals surface area contributed by atoms with E-state index >= 15 is 0 Å². The number of halogens is 1. The average molecular weight is 340 g/mol. The van der Waals surface area contributed by atoms with Crippen LogP contribution in [0.4, 0.5) is 0 Å². The normalized spacial score (nSPS) is 14.8. The third-order valence-electron chi connectivity index (χ3n) is 3.56. The summed E-state index contributed by atoms with van der Waals surface area (Å²) in [7, 11) is 1.76. The largest absolute Gasteiger partial charge is 0.378 e. The van der Waals surface area contributed by atoms with Crippen molar-refractivity contribution in [1.29, 1.82) is 0 Å². The molecule has 0 aromatic heterocycles. The standard InChI is InChI=1S/C16H22ClN3O3/c1-19(12-16(22)20-5-7-23-8-6-20)11-15(21)18-10-13-3-2-4-14(17)9-13/h2-4,9H,5-8,10-12H2,1H3,(H,18,21). The van der Waals surface area contributed by atoms with Crippen molar-refractivity contribution in [2.45, 2.75) is 6.54 Å². The molecule has 0 saturated carbocycles. The smallest absolute Gasteiger partial charge is 0.236 e. The lowest BCUT2D eigenvalue weighted by molar-refractivity contribution is -0.136. The van der Waals surface area contributed by atoms with Crippen molar-refractivity contribution < 1.29 is 14.3 Å². The first-order valence-electron chi connectivity index (χ1n) is 7.60. The van der Waals surface area contributed by atoms with E-state index in [1.165, 1.54) is 0 Å². The van der Waals surface area contributed by atoms with Gasteiger partial charge in [-0.2, -0.15) is 0 Å². The van der Waals surface area contributed by atoms with Crippen LogP contribution in [-0.4, -0.2) is 68.1 Å². The molecule has 1 aliphatic rings. The topological polar surface area (TPSA) is 61.9 Å². The third-order valence-corrected chi connectivity index (χ3v) is 3.80. The number of amides is 2. The number of likely N-dealkylation sites (N-methyl/N-ethyl adjacent to an activating group) is 1. The van der Waals surface area contributed by atoms with Crippen molar-refractivity contribution in [3.63, 3.8) is 0 Å². The van der Waals surface area contributed by atoms with Crippen LogP contribution in [-0.2, 0) is 20.9 Å². The molecule has 1 fully saturated rings. The van der Waals surface area contributed by atoms with E-state index in [0.29, 0.717) is 37.9 Å². The number of carbonyl (C=O) groups excluding carboxylic acids is 2. The summed E-state index contributed by atoms with van der Waals surface area (Å²) in [4.78, 5) is 27.5. The van der Waals surface area contributed by atoms with E-state index in [0.717, 1.165) is 5.56 Å². The van der Waals surface area contributed by atoms with Gasteiger partial charge < -0.3 is 15.0 Å². The summed E-state index contributed by atoms with van der Waals surface area (Å²) in [5.74, 6) is -0.0966. The Balaban J connectivity index is 1.70. The first kappa shape index (κ1) is 17.7. The van der Waals surface area contributed by atoms with Gasteiger partial charge in [-0.05, 0) is 24.7 Å². The molecule has 1 aliphatic heterocycles. The van der Waals surface area contributed by atoms with Crippen LogP contribution in [0.3, 0.4) is 0 Å². The van der Waals surface area contributed by atoms with E-state index in [4.69, 9.17) is 16.3 Å². The molecule has 0 bridgehead atoms. The van der Waals surface area contributed by atoms with Crippen LogP contribution >= 0.6 is 11.6 Å². The zero-order valence-corrected chi connectivity index (χ0v) is 14.0. The molecule has 23 heavy (non-hydrogen) atoms. The Kier molecular flexibility index (Phi) is 6.83. The van der Waals surface area contributed by atoms with E-state index in [1.54, 1.807) is 22.9 Å². The molecule has 0 spiro atoms. The van der Waals surface area contributed by atoms with Gasteiger partial charge in [-0.15, -0.1) is 0 Å². The Bertz CT molecular complexity index is 547. The summed E-state index contributed by atoms with van der Waals surface area (Å²) < 4.78 is 5.22. The summed E-state index contributed by atoms with van der Waals surface area (Å²) >= 11 is 5.90. The first-order valence-corrected chi connectivity index (χ1v) is 7.97. The summed E-state index contributed by atoms with van der Waals surface area (Å²) in [5.41, 5.74) is 0.942. The van der Waals surface area contributed by atoms with Gasteiger partial charge in [0.25, 0.3) is 0 Å². The third kappa shape index (κ3) is 6.17. The van der Waals surface area contributed by atoms with E-state index in [1.807, 2.05) is 18.2 Å². The summed E-state index contributed by atoms with van der Waals surface area (Å²) in [5, 5.41) is 3.47. The fourth-order valence-electron chi connectivity index (χ4n) is 2.35. The molecular weight excluding hydrogens is 318 g/mol. The Labute approximate surface area is 141 Å². The average Bonchev–Trinajstić information content (AvgIpc) is 2.53. The van der Waals surface area contributed by atoms with Crippen molar-refractivity contribution in [3.05, 3.63) is 34.9 Å². The molecule has 1 N–H and O–H groups in total. The van der Waals surface area contributed by atoms with Crippen LogP contribution in [0, 0.1) is 0 Å². The van der Waals surface area contributed by atoms with Gasteiger partial charge in [0.1, 0.15) is 0 Å². The van der Waals surface area contributed by atoms with Crippen molar-refractivity contribution in [3.8, 4) is 0 Å². The molecule has 1 heterocycles. The minimum Gasteiger partial charge on any atom is -0.378 e. The number of hydrogen-bond acceptors (Lipinski definition) is 4. The van der Waals surface area contributed by atoms with Crippen molar-refractivity contribution in [1.82, 2.24) is 15.1 Å². The molecule has 6 nitrogen and oxygen atoms in total. The maximum Gasteiger partial charge on any atom is 0.236 e. The van der Waals surface area contributed by atoms with Crippen LogP contribution in [0.15, 0.2) is 24.3 Å². The second-order valence-electron chi connectivity index (χ2n) is 5.57. The fourth-order valence-corrected chi connectivity index (χ4v) is 2.56. The van der Waals surface area contributed by atoms with Crippen LogP contribution in [0.5, 0.6) is 0 Å². The number of nitrogens with one attached hydrogen (secondary N) is 1. The van der Waals surface area contributed by atoms with Gasteiger partial charge in [0.05, 0.1) is 26.3 Å². The molecule has 126 valence electrons. The van der Waals surface area contributed by atoms with E-state index in [9.17, 15) is 9.59 Å². The lowest BCUT2D eigenvalue weighted by Gasteiger charge is -2.28. The molecule has 0 aliphatic carbocycles. The maximum absolute atomic E-state index is 12.1. The van der Waals surface area contributed by atoms with Crippen molar-refractivity contribution in [2.75, 3.05) is 46.4 Å². The van der Waals surface area contributed by atoms with E-state index < -0.39 is 0 Å². The zero-order chi connectivity index (χ0) is 16.7. The maximum atomic E-state index is 12.1. The molecule has 0 unspecified atom stereocenters. The number of hydrogen-bond donors (Lipinski definition) is 1. The number of morpholine rings is 1. The van der Waals surface area contributed by atoms with Crippen molar-refractivity contribution in [2.24, 2.45) is 0 Å². The summed E-state index contributed by atoms with van der Waals surface area (Å²) in [6, 6.07) is 7.35. The lowest BCUT2D eigenvalue weighted by atomic mass is 10.2. The number of carbonyl (C=O) groups is 2. The minimum absolute atomic E-state index is 0.0263. The number of nitrogens with zero attached hydrogens (tertiary/aromatic N) is 2. The SMILES string of the molecule is CN(CC(=O)NCc1cccc(Cl)c1)CC(=O)N1CCOCC1. The number of rotatable bonds is 6. The Morgan fingerprint density at radius 1 is 1.30 bits per heavy atom. The van der Waals surface area contributed by atoms with Crippen LogP contribution < -0.4 is 5.32 Å². The fraction of sp³-hybridized carbons (Fsp3) is 0.500.